The summed E-state index contributed by atoms with van der Waals surface area (Å²) >= 11 is 1.53. The summed E-state index contributed by atoms with van der Waals surface area (Å²) in [6.07, 6.45) is 1.24. The fourth-order valence-corrected chi connectivity index (χ4v) is 2.77. The molecule has 0 amide bonds. The molecule has 1 unspecified atom stereocenters. The van der Waals surface area contributed by atoms with Crippen LogP contribution in [0.1, 0.15) is 16.7 Å². The lowest BCUT2D eigenvalue weighted by Gasteiger charge is -2.15. The summed E-state index contributed by atoms with van der Waals surface area (Å²) < 4.78 is 5.76. The zero-order valence-electron chi connectivity index (χ0n) is 13.1. The molecule has 0 saturated heterocycles. The van der Waals surface area contributed by atoms with Crippen molar-refractivity contribution in [2.24, 2.45) is 0 Å². The molecule has 0 saturated carbocycles. The first-order valence-corrected chi connectivity index (χ1v) is 7.97. The van der Waals surface area contributed by atoms with Crippen LogP contribution >= 0.6 is 24.2 Å². The lowest BCUT2D eigenvalue weighted by molar-refractivity contribution is 0.126. The zero-order chi connectivity index (χ0) is 15.2. The molecule has 3 nitrogen and oxygen atoms in total. The molecule has 1 aromatic carbocycles. The molecule has 1 N–H and O–H groups in total. The molecule has 0 radical (unpaired) electrons. The van der Waals surface area contributed by atoms with Gasteiger partial charge >= 0.3 is 0 Å². The Bertz CT molecular complexity index is 593. The molecule has 2 rings (SSSR count). The SMILES string of the molecule is Cc1cc(C)c(C)c(OCC(O)CSc2ccccn2)c1.Cl. The minimum absolute atomic E-state index is 0. The summed E-state index contributed by atoms with van der Waals surface area (Å²) in [5.74, 6) is 1.43. The highest BCUT2D eigenvalue weighted by Gasteiger charge is 2.09. The molecule has 5 heteroatoms. The van der Waals surface area contributed by atoms with Gasteiger partial charge in [0.2, 0.25) is 0 Å². The number of thioether (sulfide) groups is 1. The molecule has 0 bridgehead atoms. The first-order chi connectivity index (χ1) is 10.1. The van der Waals surface area contributed by atoms with Gasteiger partial charge in [-0.3, -0.25) is 0 Å². The quantitative estimate of drug-likeness (QED) is 0.809. The molecule has 1 heterocycles. The number of aromatic nitrogens is 1. The molecule has 0 fully saturated rings. The second-order valence-corrected chi connectivity index (χ2v) is 6.19. The monoisotopic (exact) mass is 339 g/mol. The molecule has 0 aliphatic rings. The molecule has 0 aliphatic carbocycles. The normalized spacial score (nSPS) is 11.6. The number of benzene rings is 1. The Morgan fingerprint density at radius 2 is 2.00 bits per heavy atom. The summed E-state index contributed by atoms with van der Waals surface area (Å²) in [5.41, 5.74) is 3.51. The van der Waals surface area contributed by atoms with Crippen molar-refractivity contribution in [3.63, 3.8) is 0 Å². The van der Waals surface area contributed by atoms with Gasteiger partial charge in [0.05, 0.1) is 11.1 Å². The summed E-state index contributed by atoms with van der Waals surface area (Å²) in [6.45, 7) is 6.46. The summed E-state index contributed by atoms with van der Waals surface area (Å²) in [4.78, 5) is 4.22. The van der Waals surface area contributed by atoms with Crippen LogP contribution in [0.4, 0.5) is 0 Å². The molecule has 0 aliphatic heterocycles. The van der Waals surface area contributed by atoms with E-state index in [0.717, 1.165) is 16.3 Å². The van der Waals surface area contributed by atoms with Crippen molar-refractivity contribution < 1.29 is 9.84 Å². The van der Waals surface area contributed by atoms with Crippen LogP contribution in [0.2, 0.25) is 0 Å². The van der Waals surface area contributed by atoms with Crippen molar-refractivity contribution >= 4 is 24.2 Å². The van der Waals surface area contributed by atoms with Crippen molar-refractivity contribution in [2.45, 2.75) is 31.9 Å². The van der Waals surface area contributed by atoms with Gasteiger partial charge in [0.25, 0.3) is 0 Å². The zero-order valence-corrected chi connectivity index (χ0v) is 14.7. The van der Waals surface area contributed by atoms with Crippen LogP contribution in [-0.4, -0.2) is 28.6 Å². The summed E-state index contributed by atoms with van der Waals surface area (Å²) in [5, 5.41) is 10.9. The highest BCUT2D eigenvalue weighted by atomic mass is 35.5. The van der Waals surface area contributed by atoms with Crippen molar-refractivity contribution in [1.82, 2.24) is 4.98 Å². The second kappa shape index (κ2) is 9.03. The lowest BCUT2D eigenvalue weighted by atomic mass is 10.1. The number of aryl methyl sites for hydroxylation is 2. The van der Waals surface area contributed by atoms with Crippen LogP contribution < -0.4 is 4.74 Å². The van der Waals surface area contributed by atoms with Gasteiger partial charge < -0.3 is 9.84 Å². The third-order valence-corrected chi connectivity index (χ3v) is 4.35. The third kappa shape index (κ3) is 5.52. The van der Waals surface area contributed by atoms with Gasteiger partial charge in [0, 0.05) is 11.9 Å². The van der Waals surface area contributed by atoms with Crippen LogP contribution in [-0.2, 0) is 0 Å². The van der Waals surface area contributed by atoms with Crippen LogP contribution in [0.15, 0.2) is 41.6 Å². The predicted octanol–water partition coefficient (Wildman–Crippen LogP) is 3.96. The van der Waals surface area contributed by atoms with Gasteiger partial charge in [-0.05, 0) is 55.7 Å². The van der Waals surface area contributed by atoms with Crippen molar-refractivity contribution in [2.75, 3.05) is 12.4 Å². The Morgan fingerprint density at radius 1 is 1.23 bits per heavy atom. The molecule has 2 aromatic rings. The van der Waals surface area contributed by atoms with E-state index in [4.69, 9.17) is 4.74 Å². The van der Waals surface area contributed by atoms with E-state index >= 15 is 0 Å². The van der Waals surface area contributed by atoms with E-state index in [2.05, 4.69) is 18.0 Å². The van der Waals surface area contributed by atoms with Gasteiger partial charge in [0.15, 0.2) is 0 Å². The molecule has 120 valence electrons. The van der Waals surface area contributed by atoms with E-state index < -0.39 is 6.10 Å². The van der Waals surface area contributed by atoms with Crippen molar-refractivity contribution in [1.29, 1.82) is 0 Å². The average molecular weight is 340 g/mol. The van der Waals surface area contributed by atoms with Crippen molar-refractivity contribution in [3.05, 3.63) is 53.2 Å². The van der Waals surface area contributed by atoms with Crippen LogP contribution in [0.25, 0.3) is 0 Å². The Balaban J connectivity index is 0.00000242. The Labute approximate surface area is 142 Å². The Kier molecular flexibility index (Phi) is 7.73. The lowest BCUT2D eigenvalue weighted by Crippen LogP contribution is -2.20. The maximum absolute atomic E-state index is 10.0. The van der Waals surface area contributed by atoms with E-state index in [9.17, 15) is 5.11 Å². The van der Waals surface area contributed by atoms with E-state index in [1.807, 2.05) is 38.1 Å². The molecule has 0 spiro atoms. The maximum atomic E-state index is 10.0. The maximum Gasteiger partial charge on any atom is 0.122 e. The minimum atomic E-state index is -0.516. The smallest absolute Gasteiger partial charge is 0.122 e. The summed E-state index contributed by atoms with van der Waals surface area (Å²) in [6, 6.07) is 9.91. The molecule has 1 aromatic heterocycles. The van der Waals surface area contributed by atoms with E-state index in [1.165, 1.54) is 22.9 Å². The second-order valence-electron chi connectivity index (χ2n) is 5.15. The van der Waals surface area contributed by atoms with Crippen LogP contribution in [0.5, 0.6) is 5.75 Å². The first-order valence-electron chi connectivity index (χ1n) is 6.99. The van der Waals surface area contributed by atoms with Crippen LogP contribution in [0.3, 0.4) is 0 Å². The predicted molar refractivity (Wildman–Crippen MR) is 94.4 cm³/mol. The average Bonchev–Trinajstić information content (AvgIpc) is 2.48. The van der Waals surface area contributed by atoms with Gasteiger partial charge in [0.1, 0.15) is 12.4 Å². The number of pyridine rings is 1. The number of halogens is 1. The number of hydrogen-bond donors (Lipinski definition) is 1. The number of hydrogen-bond acceptors (Lipinski definition) is 4. The summed E-state index contributed by atoms with van der Waals surface area (Å²) in [7, 11) is 0. The minimum Gasteiger partial charge on any atom is -0.491 e. The third-order valence-electron chi connectivity index (χ3n) is 3.26. The highest BCUT2D eigenvalue weighted by Crippen LogP contribution is 2.24. The number of aliphatic hydroxyl groups excluding tert-OH is 1. The molecular weight excluding hydrogens is 318 g/mol. The Hall–Kier alpha value is -1.23. The standard InChI is InChI=1S/C17H21NO2S.ClH/c1-12-8-13(2)14(3)16(9-12)20-10-15(19)11-21-17-6-4-5-7-18-17;/h4-9,15,19H,10-11H2,1-3H3;1H. The number of aliphatic hydroxyl groups is 1. The number of nitrogens with zero attached hydrogens (tertiary/aromatic N) is 1. The van der Waals surface area contributed by atoms with E-state index in [-0.39, 0.29) is 12.4 Å². The largest absolute Gasteiger partial charge is 0.491 e. The van der Waals surface area contributed by atoms with Crippen molar-refractivity contribution in [3.8, 4) is 5.75 Å². The topological polar surface area (TPSA) is 42.4 Å². The van der Waals surface area contributed by atoms with Gasteiger partial charge in [-0.1, -0.05) is 12.1 Å². The molecule has 1 atom stereocenters. The van der Waals surface area contributed by atoms with Gasteiger partial charge in [-0.2, -0.15) is 0 Å². The molecular formula is C17H22ClNO2S. The Morgan fingerprint density at radius 3 is 2.68 bits per heavy atom. The van der Waals surface area contributed by atoms with Gasteiger partial charge in [-0.15, -0.1) is 24.2 Å². The fourth-order valence-electron chi connectivity index (χ4n) is 2.00. The molecule has 22 heavy (non-hydrogen) atoms. The first kappa shape index (κ1) is 18.8. The highest BCUT2D eigenvalue weighted by molar-refractivity contribution is 7.99. The number of ether oxygens (including phenoxy) is 1. The fraction of sp³-hybridized carbons (Fsp3) is 0.353. The van der Waals surface area contributed by atoms with E-state index in [0.29, 0.717) is 12.4 Å². The van der Waals surface area contributed by atoms with E-state index in [1.54, 1.807) is 6.20 Å². The number of rotatable bonds is 6. The van der Waals surface area contributed by atoms with Crippen LogP contribution in [0, 0.1) is 20.8 Å². The van der Waals surface area contributed by atoms with Gasteiger partial charge in [-0.25, -0.2) is 4.98 Å².